The molecule has 1 heterocycles. The lowest BCUT2D eigenvalue weighted by molar-refractivity contribution is 0.414. The van der Waals surface area contributed by atoms with Crippen molar-refractivity contribution in [3.8, 4) is 11.5 Å². The van der Waals surface area contributed by atoms with Gasteiger partial charge in [-0.1, -0.05) is 53.6 Å². The summed E-state index contributed by atoms with van der Waals surface area (Å²) in [5.74, 6) is 1.57. The second kappa shape index (κ2) is 12.6. The molecule has 0 unspecified atom stereocenters. The average molecular weight is 554 g/mol. The summed E-state index contributed by atoms with van der Waals surface area (Å²) < 4.78 is 10.8. The Kier molecular flexibility index (Phi) is 8.58. The van der Waals surface area contributed by atoms with E-state index in [1.54, 1.807) is 14.2 Å². The molecule has 4 aromatic carbocycles. The number of aryl methyl sites for hydroxylation is 4. The molecule has 0 aliphatic rings. The molecule has 0 saturated heterocycles. The van der Waals surface area contributed by atoms with Crippen molar-refractivity contribution in [2.24, 2.45) is 9.98 Å². The highest BCUT2D eigenvalue weighted by molar-refractivity contribution is 6.16. The van der Waals surface area contributed by atoms with E-state index in [1.807, 2.05) is 67.6 Å². The first-order chi connectivity index (χ1) is 20.3. The van der Waals surface area contributed by atoms with Gasteiger partial charge in [-0.25, -0.2) is 15.0 Å². The van der Waals surface area contributed by atoms with Crippen LogP contribution in [0.1, 0.15) is 44.8 Å². The van der Waals surface area contributed by atoms with Crippen LogP contribution >= 0.6 is 0 Å². The van der Waals surface area contributed by atoms with Crippen LogP contribution in [-0.4, -0.2) is 30.6 Å². The fourth-order valence-electron chi connectivity index (χ4n) is 4.75. The maximum atomic E-state index is 5.42. The summed E-state index contributed by atoms with van der Waals surface area (Å²) in [5, 5.41) is 0. The molecule has 5 nitrogen and oxygen atoms in total. The molecule has 0 atom stereocenters. The third-order valence-electron chi connectivity index (χ3n) is 7.14. The number of pyridine rings is 1. The van der Waals surface area contributed by atoms with Gasteiger partial charge in [-0.15, -0.1) is 0 Å². The van der Waals surface area contributed by atoms with Crippen molar-refractivity contribution in [2.45, 2.75) is 27.7 Å². The van der Waals surface area contributed by atoms with Crippen molar-refractivity contribution in [3.05, 3.63) is 148 Å². The Labute approximate surface area is 248 Å². The van der Waals surface area contributed by atoms with E-state index in [0.29, 0.717) is 0 Å². The number of hydrogen-bond donors (Lipinski definition) is 0. The van der Waals surface area contributed by atoms with Crippen molar-refractivity contribution < 1.29 is 9.47 Å². The van der Waals surface area contributed by atoms with Crippen LogP contribution in [0.25, 0.3) is 0 Å². The van der Waals surface area contributed by atoms with Crippen molar-refractivity contribution in [1.82, 2.24) is 4.98 Å². The Morgan fingerprint density at radius 3 is 1.52 bits per heavy atom. The fraction of sp³-hybridized carbons (Fsp3) is 0.162. The number of aliphatic imine (C=N–C) groups is 2. The number of nitrogens with zero attached hydrogens (tertiary/aromatic N) is 3. The predicted molar refractivity (Wildman–Crippen MR) is 173 cm³/mol. The lowest BCUT2D eigenvalue weighted by Crippen LogP contribution is -2.12. The van der Waals surface area contributed by atoms with Crippen LogP contribution in [0.3, 0.4) is 0 Å². The van der Waals surface area contributed by atoms with Crippen LogP contribution in [0.2, 0.25) is 0 Å². The highest BCUT2D eigenvalue weighted by atomic mass is 16.5. The van der Waals surface area contributed by atoms with Crippen LogP contribution in [0.15, 0.2) is 113 Å². The second-order valence-corrected chi connectivity index (χ2v) is 10.4. The lowest BCUT2D eigenvalue weighted by Gasteiger charge is -2.13. The van der Waals surface area contributed by atoms with E-state index in [9.17, 15) is 0 Å². The molecule has 0 fully saturated rings. The van der Waals surface area contributed by atoms with E-state index >= 15 is 0 Å². The van der Waals surface area contributed by atoms with Gasteiger partial charge in [-0.05, 0) is 99.5 Å². The van der Waals surface area contributed by atoms with E-state index in [4.69, 9.17) is 24.4 Å². The van der Waals surface area contributed by atoms with Crippen molar-refractivity contribution in [1.29, 1.82) is 0 Å². The Balaban J connectivity index is 1.69. The van der Waals surface area contributed by atoms with Gasteiger partial charge in [-0.3, -0.25) is 0 Å². The van der Waals surface area contributed by atoms with E-state index < -0.39 is 0 Å². The molecule has 0 amide bonds. The third-order valence-corrected chi connectivity index (χ3v) is 7.14. The van der Waals surface area contributed by atoms with Crippen molar-refractivity contribution >= 4 is 22.8 Å². The van der Waals surface area contributed by atoms with Gasteiger partial charge in [0, 0.05) is 11.1 Å². The van der Waals surface area contributed by atoms with Crippen molar-refractivity contribution in [2.75, 3.05) is 14.2 Å². The van der Waals surface area contributed by atoms with Gasteiger partial charge in [0.1, 0.15) is 11.5 Å². The van der Waals surface area contributed by atoms with Crippen LogP contribution < -0.4 is 9.47 Å². The van der Waals surface area contributed by atoms with E-state index in [-0.39, 0.29) is 0 Å². The Bertz CT molecular complexity index is 1770. The summed E-state index contributed by atoms with van der Waals surface area (Å²) >= 11 is 0. The second-order valence-electron chi connectivity index (χ2n) is 10.4. The maximum absolute atomic E-state index is 5.42. The number of hydrogen-bond acceptors (Lipinski definition) is 5. The van der Waals surface area contributed by atoms with Crippen LogP contribution in [-0.2, 0) is 0 Å². The zero-order chi connectivity index (χ0) is 29.6. The minimum atomic E-state index is 0.744. The molecule has 5 aromatic rings. The Hall–Kier alpha value is -5.03. The zero-order valence-electron chi connectivity index (χ0n) is 25.0. The number of ether oxygens (including phenoxy) is 2. The molecule has 42 heavy (non-hydrogen) atoms. The fourth-order valence-corrected chi connectivity index (χ4v) is 4.75. The lowest BCUT2D eigenvalue weighted by atomic mass is 10.0. The number of methoxy groups -OCH3 is 2. The molecule has 0 bridgehead atoms. The first-order valence-electron chi connectivity index (χ1n) is 13.9. The van der Waals surface area contributed by atoms with E-state index in [1.165, 1.54) is 11.1 Å². The quantitative estimate of drug-likeness (QED) is 0.181. The Morgan fingerprint density at radius 1 is 0.524 bits per heavy atom. The summed E-state index contributed by atoms with van der Waals surface area (Å²) in [6.07, 6.45) is 0. The van der Waals surface area contributed by atoms with Crippen molar-refractivity contribution in [3.63, 3.8) is 0 Å². The highest BCUT2D eigenvalue weighted by Gasteiger charge is 2.16. The van der Waals surface area contributed by atoms with E-state index in [0.717, 1.165) is 67.9 Å². The summed E-state index contributed by atoms with van der Waals surface area (Å²) in [6.45, 7) is 8.30. The maximum Gasteiger partial charge on any atom is 0.119 e. The molecule has 5 heteroatoms. The molecule has 5 rings (SSSR count). The smallest absolute Gasteiger partial charge is 0.119 e. The summed E-state index contributed by atoms with van der Waals surface area (Å²) in [7, 11) is 3.33. The standard InChI is InChI=1S/C37H35N3O2/c1-24-10-13-28(14-11-24)36(39-32-20-12-25(2)22-26(32)3)34-8-7-9-35(38-34)37(29-15-17-30(41-5)18-16-29)40-33-21-19-31(42-6)23-27(33)4/h7-23H,1-6H3/b39-36+,40-37+. The van der Waals surface area contributed by atoms with Gasteiger partial charge in [0.05, 0.1) is 48.4 Å². The number of aromatic nitrogens is 1. The molecule has 0 N–H and O–H groups in total. The van der Waals surface area contributed by atoms with Crippen LogP contribution in [0.5, 0.6) is 11.5 Å². The SMILES string of the molecule is COc1ccc(/C(=N\c2ccc(OC)cc2C)c2cccc(/C(=N/c3ccc(C)cc3C)c3ccc(C)cc3)n2)cc1. The van der Waals surface area contributed by atoms with Gasteiger partial charge in [0.15, 0.2) is 0 Å². The molecule has 0 spiro atoms. The summed E-state index contributed by atoms with van der Waals surface area (Å²) in [6, 6.07) is 34.5. The molecule has 1 aromatic heterocycles. The van der Waals surface area contributed by atoms with Gasteiger partial charge in [0.2, 0.25) is 0 Å². The Morgan fingerprint density at radius 2 is 1.00 bits per heavy atom. The molecule has 0 aliphatic heterocycles. The molecule has 0 aliphatic carbocycles. The molecular weight excluding hydrogens is 518 g/mol. The van der Waals surface area contributed by atoms with Crippen LogP contribution in [0, 0.1) is 27.7 Å². The van der Waals surface area contributed by atoms with Gasteiger partial charge >= 0.3 is 0 Å². The minimum absolute atomic E-state index is 0.744. The molecule has 210 valence electrons. The first kappa shape index (κ1) is 28.5. The van der Waals surface area contributed by atoms with Gasteiger partial charge in [0.25, 0.3) is 0 Å². The number of benzene rings is 4. The molecule has 0 radical (unpaired) electrons. The normalized spacial score (nSPS) is 11.9. The van der Waals surface area contributed by atoms with Gasteiger partial charge < -0.3 is 9.47 Å². The number of rotatable bonds is 8. The molecule has 0 saturated carbocycles. The average Bonchev–Trinajstić information content (AvgIpc) is 3.01. The predicted octanol–water partition coefficient (Wildman–Crippen LogP) is 8.67. The summed E-state index contributed by atoms with van der Waals surface area (Å²) in [4.78, 5) is 15.5. The third kappa shape index (κ3) is 6.47. The van der Waals surface area contributed by atoms with Gasteiger partial charge in [-0.2, -0.15) is 0 Å². The van der Waals surface area contributed by atoms with Crippen LogP contribution in [0.4, 0.5) is 11.4 Å². The first-order valence-corrected chi connectivity index (χ1v) is 13.9. The summed E-state index contributed by atoms with van der Waals surface area (Å²) in [5.41, 5.74) is 11.3. The topological polar surface area (TPSA) is 56.1 Å². The molecular formula is C37H35N3O2. The highest BCUT2D eigenvalue weighted by Crippen LogP contribution is 2.27. The van der Waals surface area contributed by atoms with E-state index in [2.05, 4.69) is 63.2 Å². The zero-order valence-corrected chi connectivity index (χ0v) is 25.0. The largest absolute Gasteiger partial charge is 0.497 e. The monoisotopic (exact) mass is 553 g/mol. The minimum Gasteiger partial charge on any atom is -0.497 e.